The number of hydrogen-bond donors (Lipinski definition) is 2. The molecule has 1 amide bonds. The second kappa shape index (κ2) is 10.3. The van der Waals surface area contributed by atoms with Gasteiger partial charge in [-0.1, -0.05) is 35.2 Å². The quantitative estimate of drug-likeness (QED) is 0.483. The number of thioether (sulfide) groups is 1. The summed E-state index contributed by atoms with van der Waals surface area (Å²) < 4.78 is 19.5. The summed E-state index contributed by atoms with van der Waals surface area (Å²) in [4.78, 5) is 12.0. The van der Waals surface area contributed by atoms with Crippen LogP contribution in [0.3, 0.4) is 0 Å². The maximum atomic E-state index is 13.6. The highest BCUT2D eigenvalue weighted by molar-refractivity contribution is 8.02. The van der Waals surface area contributed by atoms with Gasteiger partial charge in [0.05, 0.1) is 10.9 Å². The molecule has 0 bridgehead atoms. The standard InChI is InChI=1S/C16H21FN4O2S2/c1-3-23-10-6-9-18-14(22)11(2)24-16-21-20-15(25-16)19-13-8-5-4-7-12(13)17/h4-5,7-8,11H,3,6,9-10H2,1-2H3,(H,18,22)(H,19,20). The molecule has 1 aromatic carbocycles. The number of halogens is 1. The molecule has 0 spiro atoms. The summed E-state index contributed by atoms with van der Waals surface area (Å²) in [6, 6.07) is 6.36. The first kappa shape index (κ1) is 19.6. The van der Waals surface area contributed by atoms with Gasteiger partial charge in [0.25, 0.3) is 0 Å². The third-order valence-corrected chi connectivity index (χ3v) is 5.16. The van der Waals surface area contributed by atoms with Gasteiger partial charge in [-0.2, -0.15) is 0 Å². The van der Waals surface area contributed by atoms with Crippen LogP contribution in [0.1, 0.15) is 20.3 Å². The Morgan fingerprint density at radius 3 is 2.96 bits per heavy atom. The van der Waals surface area contributed by atoms with Crippen molar-refractivity contribution in [2.45, 2.75) is 29.9 Å². The van der Waals surface area contributed by atoms with Gasteiger partial charge in [-0.05, 0) is 32.4 Å². The topological polar surface area (TPSA) is 76.1 Å². The number of aromatic nitrogens is 2. The van der Waals surface area contributed by atoms with Gasteiger partial charge < -0.3 is 15.4 Å². The van der Waals surface area contributed by atoms with Crippen LogP contribution in [0.25, 0.3) is 0 Å². The summed E-state index contributed by atoms with van der Waals surface area (Å²) in [6.45, 7) is 5.66. The van der Waals surface area contributed by atoms with E-state index in [2.05, 4.69) is 20.8 Å². The molecule has 2 N–H and O–H groups in total. The number of carbonyl (C=O) groups is 1. The molecule has 0 saturated carbocycles. The molecule has 0 aliphatic rings. The zero-order chi connectivity index (χ0) is 18.1. The number of nitrogens with zero attached hydrogens (tertiary/aromatic N) is 2. The SMILES string of the molecule is CCOCCCNC(=O)C(C)Sc1nnc(Nc2ccccc2F)s1. The molecular formula is C16H21FN4O2S2. The molecule has 25 heavy (non-hydrogen) atoms. The number of carbonyl (C=O) groups excluding carboxylic acids is 1. The summed E-state index contributed by atoms with van der Waals surface area (Å²) in [7, 11) is 0. The Morgan fingerprint density at radius 1 is 1.40 bits per heavy atom. The lowest BCUT2D eigenvalue weighted by Crippen LogP contribution is -2.32. The maximum absolute atomic E-state index is 13.6. The van der Waals surface area contributed by atoms with E-state index < -0.39 is 0 Å². The first-order valence-electron chi connectivity index (χ1n) is 7.97. The van der Waals surface area contributed by atoms with E-state index in [0.717, 1.165) is 6.42 Å². The van der Waals surface area contributed by atoms with E-state index in [-0.39, 0.29) is 17.0 Å². The summed E-state index contributed by atoms with van der Waals surface area (Å²) in [6.07, 6.45) is 0.784. The Balaban J connectivity index is 1.80. The number of rotatable bonds is 10. The molecule has 1 atom stereocenters. The molecular weight excluding hydrogens is 363 g/mol. The van der Waals surface area contributed by atoms with E-state index in [0.29, 0.717) is 34.9 Å². The Labute approximate surface area is 154 Å². The smallest absolute Gasteiger partial charge is 0.233 e. The van der Waals surface area contributed by atoms with Gasteiger partial charge in [-0.3, -0.25) is 4.79 Å². The first-order valence-corrected chi connectivity index (χ1v) is 9.67. The van der Waals surface area contributed by atoms with Crippen molar-refractivity contribution < 1.29 is 13.9 Å². The van der Waals surface area contributed by atoms with Crippen LogP contribution in [0.4, 0.5) is 15.2 Å². The van der Waals surface area contributed by atoms with E-state index in [1.807, 2.05) is 13.8 Å². The highest BCUT2D eigenvalue weighted by atomic mass is 32.2. The summed E-state index contributed by atoms with van der Waals surface area (Å²) >= 11 is 2.60. The van der Waals surface area contributed by atoms with Crippen molar-refractivity contribution in [3.05, 3.63) is 30.1 Å². The van der Waals surface area contributed by atoms with Crippen LogP contribution < -0.4 is 10.6 Å². The molecule has 2 aromatic rings. The Morgan fingerprint density at radius 2 is 2.20 bits per heavy atom. The van der Waals surface area contributed by atoms with Gasteiger partial charge in [-0.25, -0.2) is 4.39 Å². The second-order valence-corrected chi connectivity index (χ2v) is 7.64. The fourth-order valence-electron chi connectivity index (χ4n) is 1.86. The monoisotopic (exact) mass is 384 g/mol. The fourth-order valence-corrected chi connectivity index (χ4v) is 3.80. The summed E-state index contributed by atoms with van der Waals surface area (Å²) in [5, 5.41) is 14.0. The van der Waals surface area contributed by atoms with Crippen molar-refractivity contribution in [3.8, 4) is 0 Å². The molecule has 1 aromatic heterocycles. The summed E-state index contributed by atoms with van der Waals surface area (Å²) in [5.74, 6) is -0.410. The number of ether oxygens (including phenoxy) is 1. The minimum atomic E-state index is -0.355. The van der Waals surface area contributed by atoms with Crippen LogP contribution in [0, 0.1) is 5.82 Å². The molecule has 1 heterocycles. The molecule has 0 radical (unpaired) electrons. The third-order valence-electron chi connectivity index (χ3n) is 3.14. The van der Waals surface area contributed by atoms with E-state index in [1.54, 1.807) is 18.2 Å². The van der Waals surface area contributed by atoms with Crippen molar-refractivity contribution in [2.24, 2.45) is 0 Å². The number of hydrogen-bond acceptors (Lipinski definition) is 7. The van der Waals surface area contributed by atoms with Crippen LogP contribution in [-0.4, -0.2) is 41.1 Å². The summed E-state index contributed by atoms with van der Waals surface area (Å²) in [5.41, 5.74) is 0.343. The van der Waals surface area contributed by atoms with Crippen LogP contribution in [0.2, 0.25) is 0 Å². The van der Waals surface area contributed by atoms with Gasteiger partial charge in [-0.15, -0.1) is 10.2 Å². The van der Waals surface area contributed by atoms with E-state index in [4.69, 9.17) is 4.74 Å². The van der Waals surface area contributed by atoms with Crippen molar-refractivity contribution in [2.75, 3.05) is 25.1 Å². The predicted molar refractivity (Wildman–Crippen MR) is 99.0 cm³/mol. The Hall–Kier alpha value is -1.71. The number of nitrogens with one attached hydrogen (secondary N) is 2. The molecule has 0 aliphatic carbocycles. The van der Waals surface area contributed by atoms with Crippen LogP contribution in [-0.2, 0) is 9.53 Å². The molecule has 0 aliphatic heterocycles. The van der Waals surface area contributed by atoms with Gasteiger partial charge in [0.15, 0.2) is 4.34 Å². The number of benzene rings is 1. The van der Waals surface area contributed by atoms with Crippen LogP contribution in [0.15, 0.2) is 28.6 Å². The minimum absolute atomic E-state index is 0.0553. The van der Waals surface area contributed by atoms with E-state index in [9.17, 15) is 9.18 Å². The zero-order valence-corrected chi connectivity index (χ0v) is 15.8. The maximum Gasteiger partial charge on any atom is 0.233 e. The molecule has 0 fully saturated rings. The number of amides is 1. The Kier molecular flexibility index (Phi) is 8.10. The highest BCUT2D eigenvalue weighted by Gasteiger charge is 2.17. The molecule has 9 heteroatoms. The van der Waals surface area contributed by atoms with Crippen molar-refractivity contribution in [1.29, 1.82) is 0 Å². The number of para-hydroxylation sites is 1. The number of anilines is 2. The molecule has 2 rings (SSSR count). The van der Waals surface area contributed by atoms with E-state index in [1.165, 1.54) is 29.2 Å². The zero-order valence-electron chi connectivity index (χ0n) is 14.1. The normalized spacial score (nSPS) is 12.0. The molecule has 1 unspecified atom stereocenters. The lowest BCUT2D eigenvalue weighted by atomic mass is 10.3. The molecule has 6 nitrogen and oxygen atoms in total. The Bertz CT molecular complexity index is 684. The van der Waals surface area contributed by atoms with Crippen molar-refractivity contribution >= 4 is 39.8 Å². The molecule has 0 saturated heterocycles. The average Bonchev–Trinajstić information content (AvgIpc) is 3.03. The molecule has 136 valence electrons. The van der Waals surface area contributed by atoms with Gasteiger partial charge in [0, 0.05) is 19.8 Å². The van der Waals surface area contributed by atoms with E-state index >= 15 is 0 Å². The largest absolute Gasteiger partial charge is 0.382 e. The third kappa shape index (κ3) is 6.60. The second-order valence-electron chi connectivity index (χ2n) is 5.08. The minimum Gasteiger partial charge on any atom is -0.382 e. The lowest BCUT2D eigenvalue weighted by Gasteiger charge is -2.10. The van der Waals surface area contributed by atoms with Gasteiger partial charge in [0.2, 0.25) is 11.0 Å². The van der Waals surface area contributed by atoms with Crippen molar-refractivity contribution in [3.63, 3.8) is 0 Å². The first-order chi connectivity index (χ1) is 12.1. The van der Waals surface area contributed by atoms with Crippen LogP contribution >= 0.6 is 23.1 Å². The van der Waals surface area contributed by atoms with Crippen LogP contribution in [0.5, 0.6) is 0 Å². The van der Waals surface area contributed by atoms with Gasteiger partial charge >= 0.3 is 0 Å². The van der Waals surface area contributed by atoms with Crippen molar-refractivity contribution in [1.82, 2.24) is 15.5 Å². The average molecular weight is 385 g/mol. The predicted octanol–water partition coefficient (Wildman–Crippen LogP) is 3.44. The fraction of sp³-hybridized carbons (Fsp3) is 0.438. The highest BCUT2D eigenvalue weighted by Crippen LogP contribution is 2.30. The lowest BCUT2D eigenvalue weighted by molar-refractivity contribution is -0.120. The van der Waals surface area contributed by atoms with Gasteiger partial charge in [0.1, 0.15) is 5.82 Å².